The number of aliphatic hydroxyl groups is 1. The molecule has 0 fully saturated rings. The number of rotatable bonds is 7. The summed E-state index contributed by atoms with van der Waals surface area (Å²) in [5.41, 5.74) is 1.96. The van der Waals surface area contributed by atoms with Crippen LogP contribution in [0.5, 0.6) is 0 Å². The van der Waals surface area contributed by atoms with E-state index in [1.54, 1.807) is 11.3 Å². The molecule has 2 aromatic rings. The SMILES string of the molecule is OC(CNc1ccsc1)COCc1ccccc1Cl. The van der Waals surface area contributed by atoms with E-state index in [2.05, 4.69) is 5.32 Å². The predicted molar refractivity (Wildman–Crippen MR) is 79.9 cm³/mol. The van der Waals surface area contributed by atoms with Crippen molar-refractivity contribution in [1.82, 2.24) is 0 Å². The highest BCUT2D eigenvalue weighted by Gasteiger charge is 2.05. The molecule has 0 radical (unpaired) electrons. The van der Waals surface area contributed by atoms with Crippen LogP contribution in [0.4, 0.5) is 5.69 Å². The summed E-state index contributed by atoms with van der Waals surface area (Å²) in [4.78, 5) is 0. The van der Waals surface area contributed by atoms with Crippen LogP contribution in [-0.4, -0.2) is 24.4 Å². The number of halogens is 1. The van der Waals surface area contributed by atoms with Gasteiger partial charge in [0, 0.05) is 22.6 Å². The summed E-state index contributed by atoms with van der Waals surface area (Å²) in [7, 11) is 0. The summed E-state index contributed by atoms with van der Waals surface area (Å²) in [5, 5.41) is 17.6. The molecule has 1 heterocycles. The van der Waals surface area contributed by atoms with Crippen LogP contribution in [0.25, 0.3) is 0 Å². The predicted octanol–water partition coefficient (Wildman–Crippen LogP) is 3.39. The van der Waals surface area contributed by atoms with Crippen molar-refractivity contribution < 1.29 is 9.84 Å². The van der Waals surface area contributed by atoms with E-state index in [-0.39, 0.29) is 6.61 Å². The molecule has 1 atom stereocenters. The van der Waals surface area contributed by atoms with Gasteiger partial charge in [-0.1, -0.05) is 29.8 Å². The highest BCUT2D eigenvalue weighted by Crippen LogP contribution is 2.16. The zero-order valence-electron chi connectivity index (χ0n) is 10.4. The van der Waals surface area contributed by atoms with Gasteiger partial charge in [0.25, 0.3) is 0 Å². The lowest BCUT2D eigenvalue weighted by molar-refractivity contribution is 0.0348. The molecule has 0 bridgehead atoms. The molecule has 0 aliphatic carbocycles. The van der Waals surface area contributed by atoms with Gasteiger partial charge in [-0.15, -0.1) is 0 Å². The van der Waals surface area contributed by atoms with Crippen LogP contribution in [0.2, 0.25) is 5.02 Å². The van der Waals surface area contributed by atoms with Gasteiger partial charge in [0.1, 0.15) is 0 Å². The van der Waals surface area contributed by atoms with E-state index in [0.717, 1.165) is 11.3 Å². The average molecular weight is 298 g/mol. The molecule has 0 spiro atoms. The van der Waals surface area contributed by atoms with Gasteiger partial charge in [-0.05, 0) is 23.1 Å². The van der Waals surface area contributed by atoms with Crippen molar-refractivity contribution in [3.8, 4) is 0 Å². The Morgan fingerprint density at radius 2 is 2.16 bits per heavy atom. The molecule has 0 saturated carbocycles. The van der Waals surface area contributed by atoms with Crippen LogP contribution in [-0.2, 0) is 11.3 Å². The maximum Gasteiger partial charge on any atom is 0.0945 e. The highest BCUT2D eigenvalue weighted by molar-refractivity contribution is 7.08. The van der Waals surface area contributed by atoms with Crippen LogP contribution in [0.15, 0.2) is 41.1 Å². The molecule has 0 aliphatic rings. The Hall–Kier alpha value is -1.07. The molecule has 2 N–H and O–H groups in total. The van der Waals surface area contributed by atoms with Crippen molar-refractivity contribution in [2.75, 3.05) is 18.5 Å². The molecule has 1 aromatic carbocycles. The molecule has 3 nitrogen and oxygen atoms in total. The second-order valence-electron chi connectivity index (χ2n) is 4.15. The Morgan fingerprint density at radius 1 is 1.32 bits per heavy atom. The first kappa shape index (κ1) is 14.3. The van der Waals surface area contributed by atoms with E-state index < -0.39 is 6.10 Å². The number of anilines is 1. The average Bonchev–Trinajstić information content (AvgIpc) is 2.92. The second kappa shape index (κ2) is 7.50. The monoisotopic (exact) mass is 297 g/mol. The lowest BCUT2D eigenvalue weighted by Gasteiger charge is -2.12. The highest BCUT2D eigenvalue weighted by atomic mass is 35.5. The van der Waals surface area contributed by atoms with Gasteiger partial charge in [0.15, 0.2) is 0 Å². The molecule has 2 rings (SSSR count). The number of benzene rings is 1. The number of aliphatic hydroxyl groups excluding tert-OH is 1. The molecule has 5 heteroatoms. The van der Waals surface area contributed by atoms with E-state index in [0.29, 0.717) is 18.2 Å². The van der Waals surface area contributed by atoms with Gasteiger partial charge >= 0.3 is 0 Å². The van der Waals surface area contributed by atoms with Crippen molar-refractivity contribution >= 4 is 28.6 Å². The Labute approximate surface area is 121 Å². The maximum atomic E-state index is 9.78. The zero-order valence-corrected chi connectivity index (χ0v) is 12.0. The van der Waals surface area contributed by atoms with Crippen molar-refractivity contribution in [3.63, 3.8) is 0 Å². The summed E-state index contributed by atoms with van der Waals surface area (Å²) in [5.74, 6) is 0. The number of hydrogen-bond donors (Lipinski definition) is 2. The van der Waals surface area contributed by atoms with E-state index >= 15 is 0 Å². The van der Waals surface area contributed by atoms with Gasteiger partial charge in [0.05, 0.1) is 19.3 Å². The second-order valence-corrected chi connectivity index (χ2v) is 5.34. The normalized spacial score (nSPS) is 12.3. The summed E-state index contributed by atoms with van der Waals surface area (Å²) in [6.07, 6.45) is -0.539. The first-order valence-electron chi connectivity index (χ1n) is 6.01. The third-order valence-electron chi connectivity index (χ3n) is 2.59. The Bertz CT molecular complexity index is 490. The Kier molecular flexibility index (Phi) is 5.66. The van der Waals surface area contributed by atoms with Gasteiger partial charge in [-0.25, -0.2) is 0 Å². The number of hydrogen-bond acceptors (Lipinski definition) is 4. The smallest absolute Gasteiger partial charge is 0.0945 e. The van der Waals surface area contributed by atoms with E-state index in [1.165, 1.54) is 0 Å². The first-order chi connectivity index (χ1) is 9.25. The van der Waals surface area contributed by atoms with Crippen LogP contribution in [0, 0.1) is 0 Å². The quantitative estimate of drug-likeness (QED) is 0.823. The summed E-state index contributed by atoms with van der Waals surface area (Å²) in [6, 6.07) is 9.51. The van der Waals surface area contributed by atoms with E-state index in [4.69, 9.17) is 16.3 Å². The van der Waals surface area contributed by atoms with Gasteiger partial charge in [-0.3, -0.25) is 0 Å². The third kappa shape index (κ3) is 4.84. The number of nitrogens with one attached hydrogen (secondary N) is 1. The minimum absolute atomic E-state index is 0.280. The topological polar surface area (TPSA) is 41.5 Å². The summed E-state index contributed by atoms with van der Waals surface area (Å²) in [6.45, 7) is 1.16. The minimum atomic E-state index is -0.539. The van der Waals surface area contributed by atoms with E-state index in [1.807, 2.05) is 41.1 Å². The van der Waals surface area contributed by atoms with Crippen molar-refractivity contribution in [1.29, 1.82) is 0 Å². The van der Waals surface area contributed by atoms with Crippen LogP contribution >= 0.6 is 22.9 Å². The largest absolute Gasteiger partial charge is 0.389 e. The van der Waals surface area contributed by atoms with Gasteiger partial charge in [-0.2, -0.15) is 11.3 Å². The van der Waals surface area contributed by atoms with Crippen LogP contribution in [0.1, 0.15) is 5.56 Å². The molecular weight excluding hydrogens is 282 g/mol. The fourth-order valence-corrected chi connectivity index (χ4v) is 2.38. The van der Waals surface area contributed by atoms with Crippen molar-refractivity contribution in [2.24, 2.45) is 0 Å². The molecule has 19 heavy (non-hydrogen) atoms. The number of ether oxygens (including phenoxy) is 1. The zero-order chi connectivity index (χ0) is 13.5. The first-order valence-corrected chi connectivity index (χ1v) is 7.33. The third-order valence-corrected chi connectivity index (χ3v) is 3.64. The summed E-state index contributed by atoms with van der Waals surface area (Å²) >= 11 is 7.63. The molecule has 0 aliphatic heterocycles. The molecule has 0 amide bonds. The van der Waals surface area contributed by atoms with E-state index in [9.17, 15) is 5.11 Å². The van der Waals surface area contributed by atoms with Crippen LogP contribution < -0.4 is 5.32 Å². The Morgan fingerprint density at radius 3 is 2.89 bits per heavy atom. The summed E-state index contributed by atoms with van der Waals surface area (Å²) < 4.78 is 5.46. The molecular formula is C14H16ClNO2S. The molecule has 102 valence electrons. The van der Waals surface area contributed by atoms with Gasteiger partial charge < -0.3 is 15.2 Å². The van der Waals surface area contributed by atoms with Gasteiger partial charge in [0.2, 0.25) is 0 Å². The lowest BCUT2D eigenvalue weighted by atomic mass is 10.2. The molecule has 1 aromatic heterocycles. The number of thiophene rings is 1. The molecule has 1 unspecified atom stereocenters. The fraction of sp³-hybridized carbons (Fsp3) is 0.286. The van der Waals surface area contributed by atoms with Crippen molar-refractivity contribution in [3.05, 3.63) is 51.7 Å². The maximum absolute atomic E-state index is 9.78. The Balaban J connectivity index is 1.66. The van der Waals surface area contributed by atoms with Crippen LogP contribution in [0.3, 0.4) is 0 Å². The van der Waals surface area contributed by atoms with Crippen molar-refractivity contribution in [2.45, 2.75) is 12.7 Å². The lowest BCUT2D eigenvalue weighted by Crippen LogP contribution is -2.24. The molecule has 0 saturated heterocycles. The standard InChI is InChI=1S/C14H16ClNO2S/c15-14-4-2-1-3-11(14)8-18-9-13(17)7-16-12-5-6-19-10-12/h1-6,10,13,16-17H,7-9H2. The minimum Gasteiger partial charge on any atom is -0.389 e. The fourth-order valence-electron chi connectivity index (χ4n) is 1.58.